The van der Waals surface area contributed by atoms with E-state index in [9.17, 15) is 5.11 Å². The van der Waals surface area contributed by atoms with Crippen molar-refractivity contribution in [1.82, 2.24) is 15.0 Å². The standard InChI is InChI=1S/C16H16N4O/c17-11-15-16(10-12-4-2-1-3-5-12)20(19-18-15)13-6-8-14(21)9-7-13/h1-9,21H,10-11,17H2. The lowest BCUT2D eigenvalue weighted by atomic mass is 10.1. The molecule has 21 heavy (non-hydrogen) atoms. The summed E-state index contributed by atoms with van der Waals surface area (Å²) in [6, 6.07) is 17.0. The van der Waals surface area contributed by atoms with Gasteiger partial charge in [0.25, 0.3) is 0 Å². The summed E-state index contributed by atoms with van der Waals surface area (Å²) in [5, 5.41) is 17.7. The molecule has 2 aromatic carbocycles. The first kappa shape index (κ1) is 13.3. The Hall–Kier alpha value is -2.66. The van der Waals surface area contributed by atoms with Crippen LogP contribution in [0.25, 0.3) is 5.69 Å². The molecule has 0 saturated heterocycles. The molecule has 1 heterocycles. The topological polar surface area (TPSA) is 77.0 Å². The molecule has 3 aromatic rings. The van der Waals surface area contributed by atoms with E-state index in [1.165, 1.54) is 5.56 Å². The maximum absolute atomic E-state index is 9.39. The molecule has 0 radical (unpaired) electrons. The van der Waals surface area contributed by atoms with Crippen LogP contribution in [0.3, 0.4) is 0 Å². The van der Waals surface area contributed by atoms with Gasteiger partial charge in [0, 0.05) is 13.0 Å². The molecule has 0 aliphatic heterocycles. The smallest absolute Gasteiger partial charge is 0.115 e. The van der Waals surface area contributed by atoms with Crippen LogP contribution in [0.4, 0.5) is 0 Å². The Balaban J connectivity index is 2.02. The first-order chi connectivity index (χ1) is 10.3. The lowest BCUT2D eigenvalue weighted by molar-refractivity contribution is 0.475. The van der Waals surface area contributed by atoms with E-state index < -0.39 is 0 Å². The van der Waals surface area contributed by atoms with Crippen LogP contribution in [0.2, 0.25) is 0 Å². The summed E-state index contributed by atoms with van der Waals surface area (Å²) in [5.41, 5.74) is 9.54. The fourth-order valence-electron chi connectivity index (χ4n) is 2.26. The summed E-state index contributed by atoms with van der Waals surface area (Å²) in [4.78, 5) is 0. The van der Waals surface area contributed by atoms with Gasteiger partial charge in [-0.1, -0.05) is 35.5 Å². The van der Waals surface area contributed by atoms with E-state index in [1.807, 2.05) is 18.2 Å². The first-order valence-electron chi connectivity index (χ1n) is 6.75. The largest absolute Gasteiger partial charge is 0.508 e. The molecule has 0 aliphatic carbocycles. The zero-order valence-corrected chi connectivity index (χ0v) is 11.5. The van der Waals surface area contributed by atoms with Crippen LogP contribution in [-0.2, 0) is 13.0 Å². The highest BCUT2D eigenvalue weighted by Crippen LogP contribution is 2.19. The molecule has 0 spiro atoms. The minimum Gasteiger partial charge on any atom is -0.508 e. The monoisotopic (exact) mass is 280 g/mol. The van der Waals surface area contributed by atoms with E-state index in [0.29, 0.717) is 13.0 Å². The average molecular weight is 280 g/mol. The summed E-state index contributed by atoms with van der Waals surface area (Å²) in [6.07, 6.45) is 0.710. The molecular weight excluding hydrogens is 264 g/mol. The summed E-state index contributed by atoms with van der Waals surface area (Å²) in [5.74, 6) is 0.225. The van der Waals surface area contributed by atoms with Crippen LogP contribution in [0.1, 0.15) is 17.0 Å². The SMILES string of the molecule is NCc1nnn(-c2ccc(O)cc2)c1Cc1ccccc1. The van der Waals surface area contributed by atoms with Crippen molar-refractivity contribution in [2.75, 3.05) is 0 Å². The number of phenolic OH excluding ortho intramolecular Hbond substituents is 1. The van der Waals surface area contributed by atoms with Gasteiger partial charge in [0.1, 0.15) is 11.4 Å². The summed E-state index contributed by atoms with van der Waals surface area (Å²) in [6.45, 7) is 0.347. The Bertz CT molecular complexity index is 720. The Morgan fingerprint density at radius 2 is 1.71 bits per heavy atom. The van der Waals surface area contributed by atoms with Gasteiger partial charge in [-0.15, -0.1) is 5.10 Å². The van der Waals surface area contributed by atoms with Gasteiger partial charge < -0.3 is 10.8 Å². The van der Waals surface area contributed by atoms with Crippen LogP contribution in [0, 0.1) is 0 Å². The van der Waals surface area contributed by atoms with Gasteiger partial charge >= 0.3 is 0 Å². The van der Waals surface area contributed by atoms with Gasteiger partial charge in [-0.2, -0.15) is 0 Å². The van der Waals surface area contributed by atoms with Crippen molar-refractivity contribution in [3.63, 3.8) is 0 Å². The lowest BCUT2D eigenvalue weighted by Gasteiger charge is -2.08. The van der Waals surface area contributed by atoms with Crippen LogP contribution >= 0.6 is 0 Å². The van der Waals surface area contributed by atoms with E-state index in [2.05, 4.69) is 22.4 Å². The Kier molecular flexibility index (Phi) is 3.66. The Morgan fingerprint density at radius 3 is 2.38 bits per heavy atom. The zero-order chi connectivity index (χ0) is 14.7. The molecule has 0 amide bonds. The van der Waals surface area contributed by atoms with E-state index >= 15 is 0 Å². The van der Waals surface area contributed by atoms with Crippen LogP contribution < -0.4 is 5.73 Å². The first-order valence-corrected chi connectivity index (χ1v) is 6.75. The fourth-order valence-corrected chi connectivity index (χ4v) is 2.26. The molecule has 0 atom stereocenters. The Morgan fingerprint density at radius 1 is 1.00 bits per heavy atom. The van der Waals surface area contributed by atoms with E-state index in [4.69, 9.17) is 5.73 Å². The molecule has 0 bridgehead atoms. The molecule has 0 unspecified atom stereocenters. The second kappa shape index (κ2) is 5.76. The highest BCUT2D eigenvalue weighted by atomic mass is 16.3. The quantitative estimate of drug-likeness (QED) is 0.766. The molecule has 0 fully saturated rings. The van der Waals surface area contributed by atoms with Crippen molar-refractivity contribution in [2.45, 2.75) is 13.0 Å². The highest BCUT2D eigenvalue weighted by molar-refractivity contribution is 5.39. The zero-order valence-electron chi connectivity index (χ0n) is 11.5. The van der Waals surface area contributed by atoms with E-state index in [1.54, 1.807) is 28.9 Å². The minimum atomic E-state index is 0.225. The molecule has 1 aromatic heterocycles. The molecule has 3 rings (SSSR count). The molecule has 0 saturated carbocycles. The third-order valence-electron chi connectivity index (χ3n) is 3.35. The number of aromatic nitrogens is 3. The number of aromatic hydroxyl groups is 1. The third-order valence-corrected chi connectivity index (χ3v) is 3.35. The van der Waals surface area contributed by atoms with Crippen LogP contribution in [0.5, 0.6) is 5.75 Å². The second-order valence-electron chi connectivity index (χ2n) is 4.78. The summed E-state index contributed by atoms with van der Waals surface area (Å²) < 4.78 is 1.77. The maximum Gasteiger partial charge on any atom is 0.115 e. The minimum absolute atomic E-state index is 0.225. The number of hydrogen-bond donors (Lipinski definition) is 2. The average Bonchev–Trinajstić information content (AvgIpc) is 2.92. The maximum atomic E-state index is 9.39. The van der Waals surface area contributed by atoms with Gasteiger partial charge in [0.05, 0.1) is 11.4 Å². The normalized spacial score (nSPS) is 10.7. The van der Waals surface area contributed by atoms with Crippen molar-refractivity contribution in [3.8, 4) is 11.4 Å². The predicted molar refractivity (Wildman–Crippen MR) is 80.2 cm³/mol. The van der Waals surface area contributed by atoms with Crippen molar-refractivity contribution in [3.05, 3.63) is 71.5 Å². The second-order valence-corrected chi connectivity index (χ2v) is 4.78. The van der Waals surface area contributed by atoms with Gasteiger partial charge in [0.2, 0.25) is 0 Å². The predicted octanol–water partition coefficient (Wildman–Crippen LogP) is 2.02. The lowest BCUT2D eigenvalue weighted by Crippen LogP contribution is -2.07. The number of rotatable bonds is 4. The third kappa shape index (κ3) is 2.78. The summed E-state index contributed by atoms with van der Waals surface area (Å²) in [7, 11) is 0. The van der Waals surface area contributed by atoms with Gasteiger partial charge in [0.15, 0.2) is 0 Å². The van der Waals surface area contributed by atoms with Crippen molar-refractivity contribution in [1.29, 1.82) is 0 Å². The van der Waals surface area contributed by atoms with Crippen molar-refractivity contribution in [2.24, 2.45) is 5.73 Å². The van der Waals surface area contributed by atoms with Gasteiger partial charge in [-0.3, -0.25) is 0 Å². The number of phenols is 1. The molecule has 106 valence electrons. The number of nitrogens with zero attached hydrogens (tertiary/aromatic N) is 3. The highest BCUT2D eigenvalue weighted by Gasteiger charge is 2.13. The van der Waals surface area contributed by atoms with Crippen molar-refractivity contribution >= 4 is 0 Å². The molecule has 3 N–H and O–H groups in total. The van der Waals surface area contributed by atoms with Crippen LogP contribution in [-0.4, -0.2) is 20.1 Å². The van der Waals surface area contributed by atoms with Crippen molar-refractivity contribution < 1.29 is 5.11 Å². The summed E-state index contributed by atoms with van der Waals surface area (Å²) >= 11 is 0. The number of hydrogen-bond acceptors (Lipinski definition) is 4. The molecule has 5 nitrogen and oxygen atoms in total. The van der Waals surface area contributed by atoms with E-state index in [-0.39, 0.29) is 5.75 Å². The molecule has 0 aliphatic rings. The van der Waals surface area contributed by atoms with Crippen LogP contribution in [0.15, 0.2) is 54.6 Å². The Labute approximate surface area is 122 Å². The number of benzene rings is 2. The van der Waals surface area contributed by atoms with E-state index in [0.717, 1.165) is 17.1 Å². The fraction of sp³-hybridized carbons (Fsp3) is 0.125. The van der Waals surface area contributed by atoms with Gasteiger partial charge in [-0.25, -0.2) is 4.68 Å². The molecule has 5 heteroatoms. The molecular formula is C16H16N4O. The van der Waals surface area contributed by atoms with Gasteiger partial charge in [-0.05, 0) is 29.8 Å². The number of nitrogens with two attached hydrogens (primary N) is 1.